The summed E-state index contributed by atoms with van der Waals surface area (Å²) in [7, 11) is 1.36. The third kappa shape index (κ3) is 2.78. The Morgan fingerprint density at radius 2 is 1.90 bits per heavy atom. The highest BCUT2D eigenvalue weighted by molar-refractivity contribution is 5.84. The third-order valence-corrected chi connectivity index (χ3v) is 4.42. The van der Waals surface area contributed by atoms with Gasteiger partial charge in [0.05, 0.1) is 18.9 Å². The van der Waals surface area contributed by atoms with Crippen LogP contribution < -0.4 is 10.1 Å². The molecular formula is C16H19NO4. The Morgan fingerprint density at radius 3 is 2.62 bits per heavy atom. The van der Waals surface area contributed by atoms with E-state index in [0.717, 1.165) is 12.8 Å². The molecule has 0 aliphatic carbocycles. The zero-order valence-corrected chi connectivity index (χ0v) is 12.0. The molecule has 2 heterocycles. The quantitative estimate of drug-likeness (QED) is 0.675. The number of carbonyl (C=O) groups is 2. The first kappa shape index (κ1) is 14.1. The normalized spacial score (nSPS) is 30.7. The predicted octanol–water partition coefficient (Wildman–Crippen LogP) is 1.52. The Bertz CT molecular complexity index is 530. The van der Waals surface area contributed by atoms with Crippen LogP contribution in [0.5, 0.6) is 5.75 Å². The average molecular weight is 289 g/mol. The van der Waals surface area contributed by atoms with Crippen molar-refractivity contribution in [1.29, 1.82) is 0 Å². The van der Waals surface area contributed by atoms with E-state index in [0.29, 0.717) is 18.2 Å². The molecule has 2 aliphatic heterocycles. The lowest BCUT2D eigenvalue weighted by Gasteiger charge is -2.34. The summed E-state index contributed by atoms with van der Waals surface area (Å²) in [6.45, 7) is 0. The van der Waals surface area contributed by atoms with Gasteiger partial charge in [-0.3, -0.25) is 9.59 Å². The largest absolute Gasteiger partial charge is 0.469 e. The van der Waals surface area contributed by atoms with Crippen molar-refractivity contribution < 1.29 is 19.1 Å². The van der Waals surface area contributed by atoms with E-state index in [4.69, 9.17) is 9.47 Å². The SMILES string of the molecule is COC(=O)C1C2CCC(CC1C(=O)Oc1ccccc1)N2. The number of rotatable bonds is 3. The fourth-order valence-corrected chi connectivity index (χ4v) is 3.44. The fourth-order valence-electron chi connectivity index (χ4n) is 3.44. The van der Waals surface area contributed by atoms with E-state index in [1.54, 1.807) is 12.1 Å². The molecule has 0 amide bonds. The molecule has 0 spiro atoms. The molecule has 0 aromatic heterocycles. The monoisotopic (exact) mass is 289 g/mol. The molecule has 2 aliphatic rings. The van der Waals surface area contributed by atoms with Gasteiger partial charge in [-0.1, -0.05) is 18.2 Å². The standard InChI is InChI=1S/C16H19NO4/c1-20-16(19)14-12(9-10-7-8-13(14)17-10)15(18)21-11-5-3-2-4-6-11/h2-6,10,12-14,17H,7-9H2,1H3. The predicted molar refractivity (Wildman–Crippen MR) is 75.6 cm³/mol. The zero-order chi connectivity index (χ0) is 14.8. The van der Waals surface area contributed by atoms with Crippen LogP contribution in [0.1, 0.15) is 19.3 Å². The fraction of sp³-hybridized carbons (Fsp3) is 0.500. The second-order valence-corrected chi connectivity index (χ2v) is 5.67. The number of esters is 2. The van der Waals surface area contributed by atoms with Gasteiger partial charge in [0, 0.05) is 12.1 Å². The molecule has 4 unspecified atom stereocenters. The van der Waals surface area contributed by atoms with E-state index < -0.39 is 11.8 Å². The summed E-state index contributed by atoms with van der Waals surface area (Å²) in [4.78, 5) is 24.5. The van der Waals surface area contributed by atoms with Crippen molar-refractivity contribution in [2.45, 2.75) is 31.3 Å². The van der Waals surface area contributed by atoms with Crippen molar-refractivity contribution in [2.75, 3.05) is 7.11 Å². The van der Waals surface area contributed by atoms with Gasteiger partial charge in [-0.05, 0) is 31.4 Å². The summed E-state index contributed by atoms with van der Waals surface area (Å²) < 4.78 is 10.3. The number of ether oxygens (including phenoxy) is 2. The molecule has 1 aromatic carbocycles. The highest BCUT2D eigenvalue weighted by Crippen LogP contribution is 2.37. The van der Waals surface area contributed by atoms with Gasteiger partial charge < -0.3 is 14.8 Å². The number of fused-ring (bicyclic) bond motifs is 2. The topological polar surface area (TPSA) is 64.6 Å². The van der Waals surface area contributed by atoms with Crippen molar-refractivity contribution in [1.82, 2.24) is 5.32 Å². The maximum absolute atomic E-state index is 12.5. The molecule has 4 atom stereocenters. The second kappa shape index (κ2) is 5.85. The van der Waals surface area contributed by atoms with Crippen LogP contribution in [-0.2, 0) is 14.3 Å². The number of para-hydroxylation sites is 1. The van der Waals surface area contributed by atoms with E-state index in [1.165, 1.54) is 7.11 Å². The lowest BCUT2D eigenvalue weighted by atomic mass is 9.81. The molecule has 5 heteroatoms. The van der Waals surface area contributed by atoms with Gasteiger partial charge in [-0.2, -0.15) is 0 Å². The third-order valence-electron chi connectivity index (χ3n) is 4.42. The molecule has 0 saturated carbocycles. The number of hydrogen-bond acceptors (Lipinski definition) is 5. The molecule has 2 saturated heterocycles. The van der Waals surface area contributed by atoms with Crippen LogP contribution in [0.2, 0.25) is 0 Å². The molecule has 1 aromatic rings. The van der Waals surface area contributed by atoms with E-state index in [-0.39, 0.29) is 18.0 Å². The smallest absolute Gasteiger partial charge is 0.315 e. The van der Waals surface area contributed by atoms with Gasteiger partial charge in [-0.15, -0.1) is 0 Å². The minimum Gasteiger partial charge on any atom is -0.469 e. The lowest BCUT2D eigenvalue weighted by molar-refractivity contribution is -0.157. The number of methoxy groups -OCH3 is 1. The minimum atomic E-state index is -0.454. The Morgan fingerprint density at radius 1 is 1.14 bits per heavy atom. The van der Waals surface area contributed by atoms with Gasteiger partial charge in [0.1, 0.15) is 5.75 Å². The first-order valence-electron chi connectivity index (χ1n) is 7.29. The van der Waals surface area contributed by atoms with Gasteiger partial charge in [0.25, 0.3) is 0 Å². The number of nitrogens with one attached hydrogen (secondary N) is 1. The number of piperidine rings is 1. The highest BCUT2D eigenvalue weighted by atomic mass is 16.5. The summed E-state index contributed by atoms with van der Waals surface area (Å²) in [5, 5.41) is 3.40. The van der Waals surface area contributed by atoms with Crippen molar-refractivity contribution in [2.24, 2.45) is 11.8 Å². The van der Waals surface area contributed by atoms with Crippen LogP contribution in [0.3, 0.4) is 0 Å². The molecule has 112 valence electrons. The molecule has 21 heavy (non-hydrogen) atoms. The summed E-state index contributed by atoms with van der Waals surface area (Å²) in [5.74, 6) is -1.05. The average Bonchev–Trinajstić information content (AvgIpc) is 2.88. The Labute approximate surface area is 123 Å². The van der Waals surface area contributed by atoms with Crippen LogP contribution in [0.4, 0.5) is 0 Å². The lowest BCUT2D eigenvalue weighted by Crippen LogP contribution is -2.52. The van der Waals surface area contributed by atoms with Crippen LogP contribution in [0.15, 0.2) is 30.3 Å². The van der Waals surface area contributed by atoms with Crippen LogP contribution in [0, 0.1) is 11.8 Å². The molecule has 1 N–H and O–H groups in total. The maximum Gasteiger partial charge on any atom is 0.315 e. The van der Waals surface area contributed by atoms with Gasteiger partial charge >= 0.3 is 11.9 Å². The van der Waals surface area contributed by atoms with E-state index in [9.17, 15) is 9.59 Å². The van der Waals surface area contributed by atoms with Gasteiger partial charge in [0.2, 0.25) is 0 Å². The molecular weight excluding hydrogens is 270 g/mol. The van der Waals surface area contributed by atoms with Crippen LogP contribution in [0.25, 0.3) is 0 Å². The summed E-state index contributed by atoms with van der Waals surface area (Å²) in [6.07, 6.45) is 2.52. The Hall–Kier alpha value is -1.88. The second-order valence-electron chi connectivity index (χ2n) is 5.67. The number of benzene rings is 1. The first-order valence-corrected chi connectivity index (χ1v) is 7.29. The van der Waals surface area contributed by atoms with Gasteiger partial charge in [-0.25, -0.2) is 0 Å². The van der Waals surface area contributed by atoms with Crippen molar-refractivity contribution in [3.63, 3.8) is 0 Å². The summed E-state index contributed by atoms with van der Waals surface area (Å²) in [5.41, 5.74) is 0. The minimum absolute atomic E-state index is 0.0181. The van der Waals surface area contributed by atoms with Crippen molar-refractivity contribution in [3.8, 4) is 5.75 Å². The molecule has 2 bridgehead atoms. The molecule has 0 radical (unpaired) electrons. The molecule has 3 rings (SSSR count). The van der Waals surface area contributed by atoms with Crippen LogP contribution in [-0.4, -0.2) is 31.1 Å². The van der Waals surface area contributed by atoms with Crippen LogP contribution >= 0.6 is 0 Å². The number of carbonyl (C=O) groups excluding carboxylic acids is 2. The molecule has 2 fully saturated rings. The van der Waals surface area contributed by atoms with Crippen molar-refractivity contribution >= 4 is 11.9 Å². The summed E-state index contributed by atoms with van der Waals surface area (Å²) in [6, 6.07) is 9.27. The Balaban J connectivity index is 1.78. The summed E-state index contributed by atoms with van der Waals surface area (Å²) >= 11 is 0. The highest BCUT2D eigenvalue weighted by Gasteiger charge is 2.49. The van der Waals surface area contributed by atoms with E-state index in [2.05, 4.69) is 5.32 Å². The van der Waals surface area contributed by atoms with E-state index >= 15 is 0 Å². The maximum atomic E-state index is 12.5. The van der Waals surface area contributed by atoms with E-state index in [1.807, 2.05) is 18.2 Å². The van der Waals surface area contributed by atoms with Crippen molar-refractivity contribution in [3.05, 3.63) is 30.3 Å². The Kier molecular flexibility index (Phi) is 3.92. The first-order chi connectivity index (χ1) is 10.2. The molecule has 5 nitrogen and oxygen atoms in total. The zero-order valence-electron chi connectivity index (χ0n) is 12.0. The van der Waals surface area contributed by atoms with Gasteiger partial charge in [0.15, 0.2) is 0 Å². The number of hydrogen-bond donors (Lipinski definition) is 1.